The minimum Gasteiger partial charge on any atom is -0.487 e. The SMILES string of the molecule is CCC(NC)c1ccc2c(c1)CC(C)(C)O2. The second-order valence-electron chi connectivity index (χ2n) is 5.16. The summed E-state index contributed by atoms with van der Waals surface area (Å²) in [5.41, 5.74) is 2.67. The lowest BCUT2D eigenvalue weighted by atomic mass is 9.97. The first-order chi connectivity index (χ1) is 7.55. The predicted octanol–water partition coefficient (Wildman–Crippen LogP) is 3.07. The number of nitrogens with one attached hydrogen (secondary N) is 1. The monoisotopic (exact) mass is 219 g/mol. The van der Waals surface area contributed by atoms with E-state index in [2.05, 4.69) is 44.3 Å². The Kier molecular flexibility index (Phi) is 2.94. The molecule has 2 nitrogen and oxygen atoms in total. The van der Waals surface area contributed by atoms with Crippen LogP contribution in [0.3, 0.4) is 0 Å². The average Bonchev–Trinajstić information content (AvgIpc) is 2.53. The lowest BCUT2D eigenvalue weighted by Crippen LogP contribution is -2.24. The second kappa shape index (κ2) is 4.10. The van der Waals surface area contributed by atoms with Gasteiger partial charge in [0.15, 0.2) is 0 Å². The van der Waals surface area contributed by atoms with Crippen LogP contribution in [0, 0.1) is 0 Å². The van der Waals surface area contributed by atoms with Crippen molar-refractivity contribution in [3.63, 3.8) is 0 Å². The zero-order valence-corrected chi connectivity index (χ0v) is 10.6. The van der Waals surface area contributed by atoms with Gasteiger partial charge in [0.25, 0.3) is 0 Å². The van der Waals surface area contributed by atoms with Gasteiger partial charge in [-0.25, -0.2) is 0 Å². The van der Waals surface area contributed by atoms with Crippen LogP contribution in [-0.4, -0.2) is 12.6 Å². The van der Waals surface area contributed by atoms with Gasteiger partial charge >= 0.3 is 0 Å². The van der Waals surface area contributed by atoms with Gasteiger partial charge in [-0.05, 0) is 44.5 Å². The normalized spacial score (nSPS) is 19.0. The minimum atomic E-state index is -0.0394. The summed E-state index contributed by atoms with van der Waals surface area (Å²) in [4.78, 5) is 0. The van der Waals surface area contributed by atoms with E-state index >= 15 is 0 Å². The van der Waals surface area contributed by atoms with E-state index in [0.29, 0.717) is 6.04 Å². The van der Waals surface area contributed by atoms with Crippen LogP contribution in [0.15, 0.2) is 18.2 Å². The maximum atomic E-state index is 5.88. The molecule has 2 heteroatoms. The molecule has 88 valence electrons. The summed E-state index contributed by atoms with van der Waals surface area (Å²) < 4.78 is 5.88. The Bertz CT molecular complexity index is 380. The van der Waals surface area contributed by atoms with E-state index in [1.807, 2.05) is 7.05 Å². The van der Waals surface area contributed by atoms with Crippen LogP contribution in [0.1, 0.15) is 44.4 Å². The summed E-state index contributed by atoms with van der Waals surface area (Å²) in [5.74, 6) is 1.06. The Labute approximate surface area is 98.0 Å². The Morgan fingerprint density at radius 2 is 2.19 bits per heavy atom. The van der Waals surface area contributed by atoms with Crippen molar-refractivity contribution in [3.8, 4) is 5.75 Å². The van der Waals surface area contributed by atoms with Crippen LogP contribution >= 0.6 is 0 Å². The first-order valence-corrected chi connectivity index (χ1v) is 6.05. The summed E-state index contributed by atoms with van der Waals surface area (Å²) in [6, 6.07) is 7.02. The van der Waals surface area contributed by atoms with Gasteiger partial charge in [0.05, 0.1) is 0 Å². The fourth-order valence-electron chi connectivity index (χ4n) is 2.45. The van der Waals surface area contributed by atoms with Crippen LogP contribution in [0.25, 0.3) is 0 Å². The number of rotatable bonds is 3. The van der Waals surface area contributed by atoms with E-state index in [1.54, 1.807) is 0 Å². The summed E-state index contributed by atoms with van der Waals surface area (Å²) >= 11 is 0. The molecule has 0 radical (unpaired) electrons. The average molecular weight is 219 g/mol. The van der Waals surface area contributed by atoms with Crippen LogP contribution in [0.2, 0.25) is 0 Å². The molecule has 16 heavy (non-hydrogen) atoms. The largest absolute Gasteiger partial charge is 0.487 e. The fraction of sp³-hybridized carbons (Fsp3) is 0.571. The third kappa shape index (κ3) is 2.07. The Balaban J connectivity index is 2.28. The molecule has 0 aromatic heterocycles. The van der Waals surface area contributed by atoms with Crippen LogP contribution < -0.4 is 10.1 Å². The van der Waals surface area contributed by atoms with Crippen molar-refractivity contribution in [1.29, 1.82) is 0 Å². The molecule has 1 unspecified atom stereocenters. The van der Waals surface area contributed by atoms with Crippen molar-refractivity contribution < 1.29 is 4.74 Å². The molecule has 0 saturated carbocycles. The molecule has 1 atom stereocenters. The first-order valence-electron chi connectivity index (χ1n) is 6.05. The third-order valence-corrected chi connectivity index (χ3v) is 3.25. The number of hydrogen-bond donors (Lipinski definition) is 1. The molecule has 0 amide bonds. The van der Waals surface area contributed by atoms with E-state index in [4.69, 9.17) is 4.74 Å². The molecule has 1 aromatic rings. The molecule has 1 aliphatic rings. The van der Waals surface area contributed by atoms with Gasteiger partial charge in [-0.1, -0.05) is 19.1 Å². The highest BCUT2D eigenvalue weighted by atomic mass is 16.5. The summed E-state index contributed by atoms with van der Waals surface area (Å²) in [5, 5.41) is 3.34. The molecular formula is C14H21NO. The number of ether oxygens (including phenoxy) is 1. The highest BCUT2D eigenvalue weighted by Crippen LogP contribution is 2.36. The molecule has 2 rings (SSSR count). The second-order valence-corrected chi connectivity index (χ2v) is 5.16. The maximum absolute atomic E-state index is 5.88. The molecular weight excluding hydrogens is 198 g/mol. The van der Waals surface area contributed by atoms with Gasteiger partial charge in [0.2, 0.25) is 0 Å². The van der Waals surface area contributed by atoms with Gasteiger partial charge in [-0.3, -0.25) is 0 Å². The van der Waals surface area contributed by atoms with Crippen LogP contribution in [-0.2, 0) is 6.42 Å². The summed E-state index contributed by atoms with van der Waals surface area (Å²) in [6.07, 6.45) is 2.12. The molecule has 0 spiro atoms. The molecule has 1 N–H and O–H groups in total. The van der Waals surface area contributed by atoms with Crippen molar-refractivity contribution in [3.05, 3.63) is 29.3 Å². The van der Waals surface area contributed by atoms with E-state index in [0.717, 1.165) is 18.6 Å². The van der Waals surface area contributed by atoms with Crippen molar-refractivity contribution >= 4 is 0 Å². The highest BCUT2D eigenvalue weighted by molar-refractivity contribution is 5.42. The van der Waals surface area contributed by atoms with E-state index in [1.165, 1.54) is 11.1 Å². The predicted molar refractivity (Wildman–Crippen MR) is 66.9 cm³/mol. The summed E-state index contributed by atoms with van der Waals surface area (Å²) in [6.45, 7) is 6.49. The minimum absolute atomic E-state index is 0.0394. The summed E-state index contributed by atoms with van der Waals surface area (Å²) in [7, 11) is 2.02. The van der Waals surface area contributed by atoms with Crippen LogP contribution in [0.4, 0.5) is 0 Å². The van der Waals surface area contributed by atoms with E-state index < -0.39 is 0 Å². The number of fused-ring (bicyclic) bond motifs is 1. The maximum Gasteiger partial charge on any atom is 0.123 e. The lowest BCUT2D eigenvalue weighted by Gasteiger charge is -2.16. The molecule has 1 heterocycles. The quantitative estimate of drug-likeness (QED) is 0.843. The van der Waals surface area contributed by atoms with Crippen molar-refractivity contribution in [2.24, 2.45) is 0 Å². The molecule has 0 saturated heterocycles. The van der Waals surface area contributed by atoms with E-state index in [9.17, 15) is 0 Å². The van der Waals surface area contributed by atoms with Crippen molar-refractivity contribution in [1.82, 2.24) is 5.32 Å². The lowest BCUT2D eigenvalue weighted by molar-refractivity contribution is 0.138. The first kappa shape index (κ1) is 11.5. The fourth-order valence-corrected chi connectivity index (χ4v) is 2.45. The van der Waals surface area contributed by atoms with Gasteiger partial charge in [0, 0.05) is 12.5 Å². The third-order valence-electron chi connectivity index (χ3n) is 3.25. The Hall–Kier alpha value is -1.02. The topological polar surface area (TPSA) is 21.3 Å². The standard InChI is InChI=1S/C14H21NO/c1-5-12(15-4)10-6-7-13-11(8-10)9-14(2,3)16-13/h6-8,12,15H,5,9H2,1-4H3. The van der Waals surface area contributed by atoms with Gasteiger partial charge in [0.1, 0.15) is 11.4 Å². The molecule has 1 aliphatic heterocycles. The zero-order valence-electron chi connectivity index (χ0n) is 10.6. The zero-order chi connectivity index (χ0) is 11.8. The molecule has 1 aromatic carbocycles. The van der Waals surface area contributed by atoms with Gasteiger partial charge < -0.3 is 10.1 Å². The molecule has 0 fully saturated rings. The number of benzene rings is 1. The smallest absolute Gasteiger partial charge is 0.123 e. The molecule has 0 aliphatic carbocycles. The van der Waals surface area contributed by atoms with Crippen molar-refractivity contribution in [2.75, 3.05) is 7.05 Å². The Morgan fingerprint density at radius 1 is 1.44 bits per heavy atom. The van der Waals surface area contributed by atoms with Gasteiger partial charge in [-0.15, -0.1) is 0 Å². The Morgan fingerprint density at radius 3 is 2.81 bits per heavy atom. The molecule has 0 bridgehead atoms. The highest BCUT2D eigenvalue weighted by Gasteiger charge is 2.30. The van der Waals surface area contributed by atoms with E-state index in [-0.39, 0.29) is 5.60 Å². The van der Waals surface area contributed by atoms with Gasteiger partial charge in [-0.2, -0.15) is 0 Å². The van der Waals surface area contributed by atoms with Crippen LogP contribution in [0.5, 0.6) is 5.75 Å². The van der Waals surface area contributed by atoms with Crippen molar-refractivity contribution in [2.45, 2.75) is 45.3 Å². The number of hydrogen-bond acceptors (Lipinski definition) is 2.